The van der Waals surface area contributed by atoms with Crippen molar-refractivity contribution in [3.63, 3.8) is 0 Å². The lowest BCUT2D eigenvalue weighted by Crippen LogP contribution is -2.22. The molecule has 3 aromatic carbocycles. The van der Waals surface area contributed by atoms with Gasteiger partial charge in [0.1, 0.15) is 11.5 Å². The van der Waals surface area contributed by atoms with Gasteiger partial charge in [0.15, 0.2) is 0 Å². The molecule has 0 aliphatic heterocycles. The van der Waals surface area contributed by atoms with Gasteiger partial charge in [-0.1, -0.05) is 50.2 Å². The van der Waals surface area contributed by atoms with Crippen molar-refractivity contribution in [1.82, 2.24) is 0 Å². The molecule has 2 atom stereocenters. The van der Waals surface area contributed by atoms with Gasteiger partial charge in [0.25, 0.3) is 7.37 Å². The van der Waals surface area contributed by atoms with Gasteiger partial charge in [-0.25, -0.2) is 0 Å². The van der Waals surface area contributed by atoms with Crippen LogP contribution >= 0.6 is 7.37 Å². The molecule has 6 heteroatoms. The number of benzene rings is 3. The minimum Gasteiger partial charge on any atom is -0.496 e. The molecule has 0 saturated heterocycles. The third-order valence-corrected chi connectivity index (χ3v) is 7.81. The maximum atomic E-state index is 14.8. The SMILES string of the molecule is COc1ccccc1[C@H](Nc1ccccc1)[P@@](=O)(OCC(C)C)c1ccc(N(C)C)cc1. The number of ether oxygens (including phenoxy) is 1. The minimum atomic E-state index is -3.42. The Bertz CT molecular complexity index is 1040. The number of methoxy groups -OCH3 is 1. The van der Waals surface area contributed by atoms with Crippen LogP contribution in [0.25, 0.3) is 0 Å². The number of rotatable bonds is 10. The predicted octanol–water partition coefficient (Wildman–Crippen LogP) is 6.15. The zero-order valence-corrected chi connectivity index (χ0v) is 20.4. The first-order chi connectivity index (χ1) is 15.3. The second-order valence-electron chi connectivity index (χ2n) is 8.35. The van der Waals surface area contributed by atoms with Crippen molar-refractivity contribution >= 4 is 24.0 Å². The van der Waals surface area contributed by atoms with Gasteiger partial charge in [0.2, 0.25) is 0 Å². The zero-order valence-electron chi connectivity index (χ0n) is 19.5. The van der Waals surface area contributed by atoms with Crippen molar-refractivity contribution in [3.8, 4) is 5.75 Å². The van der Waals surface area contributed by atoms with E-state index in [1.807, 2.05) is 97.9 Å². The van der Waals surface area contributed by atoms with Gasteiger partial charge in [-0.3, -0.25) is 4.57 Å². The van der Waals surface area contributed by atoms with Crippen molar-refractivity contribution < 1.29 is 13.8 Å². The summed E-state index contributed by atoms with van der Waals surface area (Å²) in [6, 6.07) is 25.2. The van der Waals surface area contributed by atoms with E-state index >= 15 is 0 Å². The van der Waals surface area contributed by atoms with E-state index in [-0.39, 0.29) is 5.92 Å². The van der Waals surface area contributed by atoms with Crippen LogP contribution in [-0.2, 0) is 9.09 Å². The Hall–Kier alpha value is -2.75. The zero-order chi connectivity index (χ0) is 23.1. The molecule has 0 aliphatic carbocycles. The number of nitrogens with zero attached hydrogens (tertiary/aromatic N) is 1. The molecule has 32 heavy (non-hydrogen) atoms. The molecule has 0 bridgehead atoms. The topological polar surface area (TPSA) is 50.8 Å². The van der Waals surface area contributed by atoms with Crippen LogP contribution in [0.5, 0.6) is 5.75 Å². The second kappa shape index (κ2) is 10.7. The highest BCUT2D eigenvalue weighted by atomic mass is 31.2. The first-order valence-electron chi connectivity index (χ1n) is 10.8. The minimum absolute atomic E-state index is 0.236. The molecule has 0 radical (unpaired) electrons. The average Bonchev–Trinajstić information content (AvgIpc) is 2.81. The maximum Gasteiger partial charge on any atom is 0.258 e. The molecular weight excluding hydrogens is 419 g/mol. The lowest BCUT2D eigenvalue weighted by Gasteiger charge is -2.31. The molecule has 0 fully saturated rings. The summed E-state index contributed by atoms with van der Waals surface area (Å²) in [6.45, 7) is 4.50. The fourth-order valence-electron chi connectivity index (χ4n) is 3.45. The molecule has 3 aromatic rings. The van der Waals surface area contributed by atoms with Gasteiger partial charge >= 0.3 is 0 Å². The maximum absolute atomic E-state index is 14.8. The number of anilines is 2. The molecule has 5 nitrogen and oxygen atoms in total. The number of para-hydroxylation sites is 2. The van der Waals surface area contributed by atoms with E-state index in [1.54, 1.807) is 7.11 Å². The summed E-state index contributed by atoms with van der Waals surface area (Å²) in [4.78, 5) is 2.02. The number of nitrogens with one attached hydrogen (secondary N) is 1. The molecular formula is C26H33N2O3P. The fraction of sp³-hybridized carbons (Fsp3) is 0.308. The van der Waals surface area contributed by atoms with Crippen LogP contribution in [0, 0.1) is 5.92 Å². The van der Waals surface area contributed by atoms with E-state index in [4.69, 9.17) is 9.26 Å². The van der Waals surface area contributed by atoms with Gasteiger partial charge < -0.3 is 19.5 Å². The van der Waals surface area contributed by atoms with Crippen molar-refractivity contribution in [2.75, 3.05) is 38.0 Å². The third kappa shape index (κ3) is 5.53. The van der Waals surface area contributed by atoms with Crippen LogP contribution in [0.15, 0.2) is 78.9 Å². The van der Waals surface area contributed by atoms with Gasteiger partial charge in [0, 0.05) is 36.3 Å². The lowest BCUT2D eigenvalue weighted by atomic mass is 10.2. The van der Waals surface area contributed by atoms with Gasteiger partial charge in [-0.2, -0.15) is 0 Å². The van der Waals surface area contributed by atoms with E-state index in [2.05, 4.69) is 19.2 Å². The Balaban J connectivity index is 2.16. The monoisotopic (exact) mass is 452 g/mol. The van der Waals surface area contributed by atoms with E-state index < -0.39 is 13.2 Å². The summed E-state index contributed by atoms with van der Waals surface area (Å²) >= 11 is 0. The normalized spacial score (nSPS) is 13.9. The predicted molar refractivity (Wildman–Crippen MR) is 135 cm³/mol. The molecule has 0 amide bonds. The summed E-state index contributed by atoms with van der Waals surface area (Å²) < 4.78 is 26.8. The highest BCUT2D eigenvalue weighted by Crippen LogP contribution is 2.60. The molecule has 1 N–H and O–H groups in total. The molecule has 0 spiro atoms. The fourth-order valence-corrected chi connectivity index (χ4v) is 6.03. The molecule has 3 rings (SSSR count). The van der Waals surface area contributed by atoms with E-state index in [0.717, 1.165) is 16.9 Å². The van der Waals surface area contributed by atoms with Crippen LogP contribution in [0.4, 0.5) is 11.4 Å². The van der Waals surface area contributed by atoms with Crippen LogP contribution in [0.2, 0.25) is 0 Å². The Morgan fingerprint density at radius 2 is 1.53 bits per heavy atom. The summed E-state index contributed by atoms with van der Waals surface area (Å²) in [6.07, 6.45) is 0. The smallest absolute Gasteiger partial charge is 0.258 e. The van der Waals surface area contributed by atoms with Crippen molar-refractivity contribution in [2.45, 2.75) is 19.6 Å². The lowest BCUT2D eigenvalue weighted by molar-refractivity contribution is 0.272. The van der Waals surface area contributed by atoms with Crippen LogP contribution in [-0.4, -0.2) is 27.8 Å². The Morgan fingerprint density at radius 1 is 0.906 bits per heavy atom. The van der Waals surface area contributed by atoms with Gasteiger partial charge in [-0.15, -0.1) is 0 Å². The molecule has 0 saturated carbocycles. The van der Waals surface area contributed by atoms with Crippen molar-refractivity contribution in [1.29, 1.82) is 0 Å². The Morgan fingerprint density at radius 3 is 2.12 bits per heavy atom. The summed E-state index contributed by atoms with van der Waals surface area (Å²) in [5.74, 6) is 0.281. The molecule has 170 valence electrons. The molecule has 0 unspecified atom stereocenters. The highest BCUT2D eigenvalue weighted by Gasteiger charge is 2.39. The average molecular weight is 453 g/mol. The van der Waals surface area contributed by atoms with Gasteiger partial charge in [0.05, 0.1) is 13.7 Å². The quantitative estimate of drug-likeness (QED) is 0.374. The first kappa shape index (κ1) is 23.9. The van der Waals surface area contributed by atoms with E-state index in [0.29, 0.717) is 17.7 Å². The Kier molecular flexibility index (Phi) is 8.00. The van der Waals surface area contributed by atoms with Crippen molar-refractivity contribution in [2.24, 2.45) is 5.92 Å². The Labute approximate surface area is 191 Å². The highest BCUT2D eigenvalue weighted by molar-refractivity contribution is 7.67. The molecule has 0 aromatic heterocycles. The van der Waals surface area contributed by atoms with Crippen molar-refractivity contribution in [3.05, 3.63) is 84.4 Å². The summed E-state index contributed by atoms with van der Waals surface area (Å²) in [7, 11) is 2.18. The second-order valence-corrected chi connectivity index (χ2v) is 10.8. The number of hydrogen-bond donors (Lipinski definition) is 1. The van der Waals surface area contributed by atoms with Crippen LogP contribution in [0.3, 0.4) is 0 Å². The first-order valence-corrected chi connectivity index (χ1v) is 12.5. The summed E-state index contributed by atoms with van der Waals surface area (Å²) in [5, 5.41) is 4.16. The largest absolute Gasteiger partial charge is 0.496 e. The van der Waals surface area contributed by atoms with Crippen LogP contribution < -0.4 is 20.3 Å². The third-order valence-electron chi connectivity index (χ3n) is 5.18. The summed E-state index contributed by atoms with van der Waals surface area (Å²) in [5.41, 5.74) is 2.69. The van der Waals surface area contributed by atoms with E-state index in [1.165, 1.54) is 0 Å². The van der Waals surface area contributed by atoms with Crippen LogP contribution in [0.1, 0.15) is 25.2 Å². The van der Waals surface area contributed by atoms with Gasteiger partial charge in [-0.05, 0) is 48.4 Å². The number of hydrogen-bond acceptors (Lipinski definition) is 5. The van der Waals surface area contributed by atoms with E-state index in [9.17, 15) is 4.57 Å². The standard InChI is InChI=1S/C26H33N2O3P/c1-20(2)19-31-32(29,23-17-15-22(16-18-23)28(3)4)26(27-21-11-7-6-8-12-21)24-13-9-10-14-25(24)30-5/h6-18,20,26-27H,19H2,1-5H3/t26-,32+/m1/s1. The molecule has 0 heterocycles. The molecule has 0 aliphatic rings.